The van der Waals surface area contributed by atoms with E-state index in [-0.39, 0.29) is 19.1 Å². The summed E-state index contributed by atoms with van der Waals surface area (Å²) >= 11 is 0. The molecule has 3 N–H and O–H groups in total. The fraction of sp³-hybridized carbons (Fsp3) is 0.231. The van der Waals surface area contributed by atoms with Gasteiger partial charge in [-0.15, -0.1) is 0 Å². The predicted molar refractivity (Wildman–Crippen MR) is 70.2 cm³/mol. The molecule has 1 aromatic heterocycles. The molecule has 94 valence electrons. The van der Waals surface area contributed by atoms with Crippen molar-refractivity contribution in [2.24, 2.45) is 0 Å². The van der Waals surface area contributed by atoms with Gasteiger partial charge in [0.15, 0.2) is 0 Å². The van der Waals surface area contributed by atoms with Gasteiger partial charge in [-0.05, 0) is 12.1 Å². The molecule has 5 nitrogen and oxygen atoms in total. The molecule has 0 saturated carbocycles. The van der Waals surface area contributed by atoms with Gasteiger partial charge in [0.05, 0.1) is 12.1 Å². The van der Waals surface area contributed by atoms with Gasteiger partial charge in [0, 0.05) is 24.7 Å². The van der Waals surface area contributed by atoms with Crippen LogP contribution in [0.3, 0.4) is 0 Å². The molecule has 0 bridgehead atoms. The number of carbonyl (C=O) groups is 1. The van der Waals surface area contributed by atoms with E-state index in [1.165, 1.54) is 4.90 Å². The lowest BCUT2D eigenvalue weighted by Gasteiger charge is -2.15. The number of rotatable bonds is 3. The molecule has 2 rings (SSSR count). The SMILES string of the molecule is CN(CCO)C(=O)c1cc(N)c2ccccc2n1. The molecule has 1 heterocycles. The van der Waals surface area contributed by atoms with Gasteiger partial charge in [-0.2, -0.15) is 0 Å². The summed E-state index contributed by atoms with van der Waals surface area (Å²) in [7, 11) is 1.62. The van der Waals surface area contributed by atoms with Crippen molar-refractivity contribution in [1.82, 2.24) is 9.88 Å². The molecular weight excluding hydrogens is 230 g/mol. The Kier molecular flexibility index (Phi) is 3.43. The van der Waals surface area contributed by atoms with Crippen LogP contribution in [-0.2, 0) is 0 Å². The second kappa shape index (κ2) is 5.01. The number of nitrogens with two attached hydrogens (primary N) is 1. The molecule has 0 unspecified atom stereocenters. The number of carbonyl (C=O) groups excluding carboxylic acids is 1. The van der Waals surface area contributed by atoms with Crippen LogP contribution in [0.15, 0.2) is 30.3 Å². The highest BCUT2D eigenvalue weighted by atomic mass is 16.3. The average Bonchev–Trinajstić information content (AvgIpc) is 2.38. The summed E-state index contributed by atoms with van der Waals surface area (Å²) < 4.78 is 0. The molecule has 0 spiro atoms. The van der Waals surface area contributed by atoms with Crippen LogP contribution in [0.4, 0.5) is 5.69 Å². The van der Waals surface area contributed by atoms with E-state index >= 15 is 0 Å². The molecule has 0 aliphatic heterocycles. The Hall–Kier alpha value is -2.14. The lowest BCUT2D eigenvalue weighted by Crippen LogP contribution is -2.30. The van der Waals surface area contributed by atoms with Crippen LogP contribution in [0.25, 0.3) is 10.9 Å². The van der Waals surface area contributed by atoms with Gasteiger partial charge < -0.3 is 15.7 Å². The van der Waals surface area contributed by atoms with Crippen LogP contribution in [0.1, 0.15) is 10.5 Å². The zero-order valence-electron chi connectivity index (χ0n) is 10.1. The number of likely N-dealkylation sites (N-methyl/N-ethyl adjacent to an activating group) is 1. The first-order chi connectivity index (χ1) is 8.63. The normalized spacial score (nSPS) is 10.6. The van der Waals surface area contributed by atoms with Gasteiger partial charge in [-0.25, -0.2) is 4.98 Å². The number of pyridine rings is 1. The summed E-state index contributed by atoms with van der Waals surface area (Å²) in [5, 5.41) is 9.65. The van der Waals surface area contributed by atoms with Crippen molar-refractivity contribution in [3.05, 3.63) is 36.0 Å². The summed E-state index contributed by atoms with van der Waals surface area (Å²) in [6.45, 7) is 0.193. The number of nitrogen functional groups attached to an aromatic ring is 1. The Morgan fingerprint density at radius 2 is 2.17 bits per heavy atom. The Morgan fingerprint density at radius 3 is 2.89 bits per heavy atom. The van der Waals surface area contributed by atoms with Gasteiger partial charge in [0.2, 0.25) is 0 Å². The van der Waals surface area contributed by atoms with Crippen LogP contribution in [0, 0.1) is 0 Å². The van der Waals surface area contributed by atoms with E-state index in [9.17, 15) is 4.79 Å². The first-order valence-corrected chi connectivity index (χ1v) is 5.65. The van der Waals surface area contributed by atoms with Crippen LogP contribution in [0.5, 0.6) is 0 Å². The molecule has 0 aliphatic rings. The van der Waals surface area contributed by atoms with E-state index in [1.54, 1.807) is 13.1 Å². The fourth-order valence-corrected chi connectivity index (χ4v) is 1.76. The number of nitrogens with zero attached hydrogens (tertiary/aromatic N) is 2. The highest BCUT2D eigenvalue weighted by Gasteiger charge is 2.14. The Balaban J connectivity index is 2.43. The standard InChI is InChI=1S/C13H15N3O2/c1-16(6-7-17)13(18)12-8-10(14)9-4-2-3-5-11(9)15-12/h2-5,8,17H,6-7H2,1H3,(H2,14,15). The first kappa shape index (κ1) is 12.3. The maximum absolute atomic E-state index is 12.0. The van der Waals surface area contributed by atoms with Crippen molar-refractivity contribution in [3.63, 3.8) is 0 Å². The van der Waals surface area contributed by atoms with Crippen molar-refractivity contribution in [3.8, 4) is 0 Å². The number of benzene rings is 1. The number of aliphatic hydroxyl groups excluding tert-OH is 1. The highest BCUT2D eigenvalue weighted by molar-refractivity contribution is 5.99. The van der Waals surface area contributed by atoms with E-state index in [0.717, 1.165) is 5.39 Å². The number of anilines is 1. The van der Waals surface area contributed by atoms with Crippen LogP contribution in [-0.4, -0.2) is 41.1 Å². The summed E-state index contributed by atoms with van der Waals surface area (Å²) in [5.41, 5.74) is 7.42. The lowest BCUT2D eigenvalue weighted by molar-refractivity contribution is 0.0761. The molecule has 0 aliphatic carbocycles. The van der Waals surface area contributed by atoms with Crippen molar-refractivity contribution < 1.29 is 9.90 Å². The monoisotopic (exact) mass is 245 g/mol. The second-order valence-electron chi connectivity index (χ2n) is 4.06. The van der Waals surface area contributed by atoms with E-state index in [2.05, 4.69) is 4.98 Å². The van der Waals surface area contributed by atoms with Crippen LogP contribution < -0.4 is 5.73 Å². The third-order valence-electron chi connectivity index (χ3n) is 2.75. The average molecular weight is 245 g/mol. The zero-order valence-corrected chi connectivity index (χ0v) is 10.1. The predicted octanol–water partition coefficient (Wildman–Crippen LogP) is 0.881. The van der Waals surface area contributed by atoms with Gasteiger partial charge in [-0.1, -0.05) is 18.2 Å². The van der Waals surface area contributed by atoms with E-state index in [4.69, 9.17) is 10.8 Å². The van der Waals surface area contributed by atoms with Crippen molar-refractivity contribution >= 4 is 22.5 Å². The molecule has 2 aromatic rings. The molecule has 1 aromatic carbocycles. The van der Waals surface area contributed by atoms with E-state index in [0.29, 0.717) is 16.9 Å². The number of amides is 1. The molecule has 1 amide bonds. The summed E-state index contributed by atoms with van der Waals surface area (Å²) in [5.74, 6) is -0.249. The Morgan fingerprint density at radius 1 is 1.44 bits per heavy atom. The summed E-state index contributed by atoms with van der Waals surface area (Å²) in [4.78, 5) is 17.7. The van der Waals surface area contributed by atoms with E-state index in [1.807, 2.05) is 24.3 Å². The van der Waals surface area contributed by atoms with Crippen molar-refractivity contribution in [2.45, 2.75) is 0 Å². The molecule has 0 atom stereocenters. The maximum atomic E-state index is 12.0. The zero-order chi connectivity index (χ0) is 13.1. The Labute approximate surface area is 105 Å². The molecular formula is C13H15N3O2. The summed E-state index contributed by atoms with van der Waals surface area (Å²) in [6.07, 6.45) is 0. The minimum Gasteiger partial charge on any atom is -0.398 e. The number of hydrogen-bond donors (Lipinski definition) is 2. The Bertz CT molecular complexity index is 583. The number of aliphatic hydroxyl groups is 1. The smallest absolute Gasteiger partial charge is 0.272 e. The third kappa shape index (κ3) is 2.26. The molecule has 0 saturated heterocycles. The minimum atomic E-state index is -0.249. The van der Waals surface area contributed by atoms with E-state index < -0.39 is 0 Å². The van der Waals surface area contributed by atoms with Crippen molar-refractivity contribution in [2.75, 3.05) is 25.9 Å². The largest absolute Gasteiger partial charge is 0.398 e. The number of para-hydroxylation sites is 1. The fourth-order valence-electron chi connectivity index (χ4n) is 1.76. The van der Waals surface area contributed by atoms with Crippen molar-refractivity contribution in [1.29, 1.82) is 0 Å². The summed E-state index contributed by atoms with van der Waals surface area (Å²) in [6, 6.07) is 8.97. The second-order valence-corrected chi connectivity index (χ2v) is 4.06. The first-order valence-electron chi connectivity index (χ1n) is 5.65. The van der Waals surface area contributed by atoms with Gasteiger partial charge >= 0.3 is 0 Å². The molecule has 5 heteroatoms. The van der Waals surface area contributed by atoms with Crippen LogP contribution in [0.2, 0.25) is 0 Å². The van der Waals surface area contributed by atoms with Gasteiger partial charge in [0.25, 0.3) is 5.91 Å². The number of hydrogen-bond acceptors (Lipinski definition) is 4. The molecule has 0 fully saturated rings. The topological polar surface area (TPSA) is 79.5 Å². The minimum absolute atomic E-state index is 0.0781. The van der Waals surface area contributed by atoms with Gasteiger partial charge in [-0.3, -0.25) is 4.79 Å². The number of aromatic nitrogens is 1. The number of fused-ring (bicyclic) bond motifs is 1. The molecule has 18 heavy (non-hydrogen) atoms. The molecule has 0 radical (unpaired) electrons. The highest BCUT2D eigenvalue weighted by Crippen LogP contribution is 2.20. The lowest BCUT2D eigenvalue weighted by atomic mass is 10.1. The third-order valence-corrected chi connectivity index (χ3v) is 2.75. The quantitative estimate of drug-likeness (QED) is 0.841. The van der Waals surface area contributed by atoms with Crippen LogP contribution >= 0.6 is 0 Å². The van der Waals surface area contributed by atoms with Gasteiger partial charge in [0.1, 0.15) is 5.69 Å². The maximum Gasteiger partial charge on any atom is 0.272 e.